The minimum atomic E-state index is -3.13. The maximum absolute atomic E-state index is 11.0. The molecule has 1 heterocycles. The van der Waals surface area contributed by atoms with Crippen molar-refractivity contribution in [2.24, 2.45) is 5.73 Å². The maximum Gasteiger partial charge on any atom is 0.326 e. The Labute approximate surface area is 70.8 Å². The lowest BCUT2D eigenvalue weighted by molar-refractivity contribution is -0.146. The molecule has 5 nitrogen and oxygen atoms in total. The van der Waals surface area contributed by atoms with Gasteiger partial charge in [0, 0.05) is 0 Å². The van der Waals surface area contributed by atoms with Crippen LogP contribution in [0.3, 0.4) is 0 Å². The van der Waals surface area contributed by atoms with Crippen LogP contribution in [0.1, 0.15) is 6.42 Å². The Bertz CT molecular complexity index is 297. The number of nitrogens with two attached hydrogens (primary N) is 1. The van der Waals surface area contributed by atoms with Gasteiger partial charge in [-0.05, 0) is 6.42 Å². The van der Waals surface area contributed by atoms with Crippen molar-refractivity contribution < 1.29 is 17.9 Å². The first-order valence-electron chi connectivity index (χ1n) is 3.47. The Morgan fingerprint density at radius 1 is 1.58 bits per heavy atom. The Morgan fingerprint density at radius 3 is 2.50 bits per heavy atom. The maximum atomic E-state index is 11.0. The SMILES string of the molecule is COC(=O)[C@@]1(N)CCS(=O)(=O)C1. The number of sulfone groups is 1. The van der Waals surface area contributed by atoms with Crippen LogP contribution in [-0.4, -0.2) is 38.5 Å². The van der Waals surface area contributed by atoms with E-state index in [1.165, 1.54) is 7.11 Å². The van der Waals surface area contributed by atoms with Crippen molar-refractivity contribution in [3.05, 3.63) is 0 Å². The van der Waals surface area contributed by atoms with E-state index in [9.17, 15) is 13.2 Å². The van der Waals surface area contributed by atoms with Crippen LogP contribution in [0.2, 0.25) is 0 Å². The van der Waals surface area contributed by atoms with Gasteiger partial charge in [0.05, 0.1) is 18.6 Å². The zero-order valence-corrected chi connectivity index (χ0v) is 7.56. The highest BCUT2D eigenvalue weighted by atomic mass is 32.2. The molecule has 0 amide bonds. The molecule has 1 saturated heterocycles. The number of esters is 1. The van der Waals surface area contributed by atoms with Crippen LogP contribution in [0.5, 0.6) is 0 Å². The highest BCUT2D eigenvalue weighted by Crippen LogP contribution is 2.21. The first-order valence-corrected chi connectivity index (χ1v) is 5.29. The third kappa shape index (κ3) is 1.59. The topological polar surface area (TPSA) is 86.5 Å². The summed E-state index contributed by atoms with van der Waals surface area (Å²) in [7, 11) is -1.94. The molecular formula is C6H11NO4S. The third-order valence-corrected chi connectivity index (χ3v) is 3.71. The van der Waals surface area contributed by atoms with Gasteiger partial charge < -0.3 is 10.5 Å². The van der Waals surface area contributed by atoms with Gasteiger partial charge in [0.1, 0.15) is 5.54 Å². The first kappa shape index (κ1) is 9.47. The molecule has 0 aromatic heterocycles. The van der Waals surface area contributed by atoms with E-state index in [4.69, 9.17) is 5.73 Å². The molecule has 1 atom stereocenters. The second kappa shape index (κ2) is 2.70. The van der Waals surface area contributed by atoms with Crippen LogP contribution in [0, 0.1) is 0 Å². The molecule has 6 heteroatoms. The number of hydrogen-bond acceptors (Lipinski definition) is 5. The Hall–Kier alpha value is -0.620. The minimum absolute atomic E-state index is 0.0292. The van der Waals surface area contributed by atoms with Gasteiger partial charge in [0.15, 0.2) is 9.84 Å². The van der Waals surface area contributed by atoms with Gasteiger partial charge in [-0.1, -0.05) is 0 Å². The van der Waals surface area contributed by atoms with Crippen molar-refractivity contribution in [1.82, 2.24) is 0 Å². The van der Waals surface area contributed by atoms with Crippen molar-refractivity contribution in [3.8, 4) is 0 Å². The predicted molar refractivity (Wildman–Crippen MR) is 42.2 cm³/mol. The lowest BCUT2D eigenvalue weighted by atomic mass is 10.0. The predicted octanol–water partition coefficient (Wildman–Crippen LogP) is -1.32. The van der Waals surface area contributed by atoms with Crippen molar-refractivity contribution in [2.45, 2.75) is 12.0 Å². The monoisotopic (exact) mass is 193 g/mol. The normalized spacial score (nSPS) is 33.2. The molecule has 1 fully saturated rings. The fourth-order valence-corrected chi connectivity index (χ4v) is 3.11. The second-order valence-corrected chi connectivity index (χ2v) is 5.17. The van der Waals surface area contributed by atoms with E-state index in [0.29, 0.717) is 0 Å². The molecule has 0 bridgehead atoms. The molecule has 0 saturated carbocycles. The van der Waals surface area contributed by atoms with Crippen LogP contribution >= 0.6 is 0 Å². The number of ether oxygens (including phenoxy) is 1. The summed E-state index contributed by atoms with van der Waals surface area (Å²) in [6.45, 7) is 0. The van der Waals surface area contributed by atoms with Crippen molar-refractivity contribution >= 4 is 15.8 Å². The van der Waals surface area contributed by atoms with E-state index in [1.54, 1.807) is 0 Å². The molecule has 2 N–H and O–H groups in total. The molecule has 0 aromatic carbocycles. The summed E-state index contributed by atoms with van der Waals surface area (Å²) in [4.78, 5) is 11.0. The summed E-state index contributed by atoms with van der Waals surface area (Å²) in [6, 6.07) is 0. The van der Waals surface area contributed by atoms with Crippen molar-refractivity contribution in [1.29, 1.82) is 0 Å². The van der Waals surface area contributed by atoms with Crippen LogP contribution in [0.25, 0.3) is 0 Å². The first-order chi connectivity index (χ1) is 5.40. The van der Waals surface area contributed by atoms with E-state index in [-0.39, 0.29) is 17.9 Å². The molecule has 1 aliphatic rings. The quantitative estimate of drug-likeness (QED) is 0.522. The van der Waals surface area contributed by atoms with E-state index in [2.05, 4.69) is 4.74 Å². The van der Waals surface area contributed by atoms with Gasteiger partial charge >= 0.3 is 5.97 Å². The van der Waals surface area contributed by atoms with Gasteiger partial charge in [-0.3, -0.25) is 4.79 Å². The fraction of sp³-hybridized carbons (Fsp3) is 0.833. The van der Waals surface area contributed by atoms with Gasteiger partial charge in [-0.25, -0.2) is 8.42 Å². The van der Waals surface area contributed by atoms with Crippen molar-refractivity contribution in [2.75, 3.05) is 18.6 Å². The molecule has 1 rings (SSSR count). The van der Waals surface area contributed by atoms with Gasteiger partial charge in [-0.2, -0.15) is 0 Å². The fourth-order valence-electron chi connectivity index (χ4n) is 1.24. The van der Waals surface area contributed by atoms with Gasteiger partial charge in [0.25, 0.3) is 0 Å². The molecule has 1 aliphatic heterocycles. The summed E-state index contributed by atoms with van der Waals surface area (Å²) in [5, 5.41) is 0. The summed E-state index contributed by atoms with van der Waals surface area (Å²) >= 11 is 0. The molecule has 0 aromatic rings. The zero-order valence-electron chi connectivity index (χ0n) is 6.74. The number of methoxy groups -OCH3 is 1. The second-order valence-electron chi connectivity index (χ2n) is 2.99. The van der Waals surface area contributed by atoms with E-state index in [0.717, 1.165) is 0 Å². The zero-order chi connectivity index (χ0) is 9.41. The van der Waals surface area contributed by atoms with Crippen molar-refractivity contribution in [3.63, 3.8) is 0 Å². The summed E-state index contributed by atoms with van der Waals surface area (Å²) in [5.74, 6) is -0.978. The number of carbonyl (C=O) groups is 1. The average molecular weight is 193 g/mol. The highest BCUT2D eigenvalue weighted by Gasteiger charge is 2.45. The molecular weight excluding hydrogens is 182 g/mol. The largest absolute Gasteiger partial charge is 0.468 e. The van der Waals surface area contributed by atoms with E-state index >= 15 is 0 Å². The summed E-state index contributed by atoms with van der Waals surface area (Å²) in [6.07, 6.45) is 0.155. The minimum Gasteiger partial charge on any atom is -0.468 e. The molecule has 0 aliphatic carbocycles. The highest BCUT2D eigenvalue weighted by molar-refractivity contribution is 7.91. The van der Waals surface area contributed by atoms with Gasteiger partial charge in [0.2, 0.25) is 0 Å². The number of rotatable bonds is 1. The van der Waals surface area contributed by atoms with Crippen LogP contribution in [0.4, 0.5) is 0 Å². The van der Waals surface area contributed by atoms with E-state index < -0.39 is 21.3 Å². The Kier molecular flexibility index (Phi) is 2.13. The molecule has 0 unspecified atom stereocenters. The Morgan fingerprint density at radius 2 is 2.17 bits per heavy atom. The lowest BCUT2D eigenvalue weighted by Crippen LogP contribution is -2.49. The molecule has 12 heavy (non-hydrogen) atoms. The average Bonchev–Trinajstić information content (AvgIpc) is 2.25. The Balaban J connectivity index is 2.85. The van der Waals surface area contributed by atoms with E-state index in [1.807, 2.05) is 0 Å². The lowest BCUT2D eigenvalue weighted by Gasteiger charge is -2.17. The van der Waals surface area contributed by atoms with Crippen LogP contribution < -0.4 is 5.73 Å². The smallest absolute Gasteiger partial charge is 0.326 e. The third-order valence-electron chi connectivity index (χ3n) is 1.93. The van der Waals surface area contributed by atoms with Gasteiger partial charge in [-0.15, -0.1) is 0 Å². The number of hydrogen-bond donors (Lipinski definition) is 1. The number of carbonyl (C=O) groups excluding carboxylic acids is 1. The summed E-state index contributed by atoms with van der Waals surface area (Å²) < 4.78 is 26.4. The van der Waals surface area contributed by atoms with Crippen LogP contribution in [0.15, 0.2) is 0 Å². The standard InChI is InChI=1S/C6H11NO4S/c1-11-5(8)6(7)2-3-12(9,10)4-6/h2-4,7H2,1H3/t6-/m1/s1. The summed E-state index contributed by atoms with van der Waals surface area (Å²) in [5.41, 5.74) is 4.22. The molecule has 70 valence electrons. The molecule has 0 spiro atoms. The molecule has 0 radical (unpaired) electrons. The van der Waals surface area contributed by atoms with Crippen LogP contribution in [-0.2, 0) is 19.4 Å².